The highest BCUT2D eigenvalue weighted by Gasteiger charge is 2.46. The van der Waals surface area contributed by atoms with Gasteiger partial charge in [-0.05, 0) is 56.8 Å². The number of hydrogen-bond acceptors (Lipinski definition) is 7. The van der Waals surface area contributed by atoms with Crippen molar-refractivity contribution in [2.45, 2.75) is 123 Å². The lowest BCUT2D eigenvalue weighted by molar-refractivity contribution is -0.144. The Hall–Kier alpha value is -3.82. The second-order valence-corrected chi connectivity index (χ2v) is 13.5. The Balaban J connectivity index is 2.28. The van der Waals surface area contributed by atoms with Gasteiger partial charge in [0.1, 0.15) is 18.7 Å². The van der Waals surface area contributed by atoms with Crippen molar-refractivity contribution >= 4 is 35.6 Å². The van der Waals surface area contributed by atoms with Gasteiger partial charge in [-0.25, -0.2) is 9.59 Å². The molecule has 3 unspecified atom stereocenters. The predicted octanol–water partition coefficient (Wildman–Crippen LogP) is 2.38. The zero-order chi connectivity index (χ0) is 34.5. The van der Waals surface area contributed by atoms with Crippen LogP contribution in [0.5, 0.6) is 0 Å². The quantitative estimate of drug-likeness (QED) is 0.142. The molecule has 1 saturated heterocycles. The summed E-state index contributed by atoms with van der Waals surface area (Å²) in [6, 6.07) is -4.07. The number of likely N-dealkylation sites (tertiary alicyclic amines) is 1. The van der Waals surface area contributed by atoms with Crippen molar-refractivity contribution in [3.8, 4) is 12.3 Å². The molecule has 2 aliphatic rings. The molecule has 13 nitrogen and oxygen atoms in total. The van der Waals surface area contributed by atoms with Crippen molar-refractivity contribution in [3.63, 3.8) is 0 Å². The van der Waals surface area contributed by atoms with E-state index in [1.54, 1.807) is 13.8 Å². The van der Waals surface area contributed by atoms with Crippen LogP contribution in [-0.2, 0) is 23.9 Å². The maximum atomic E-state index is 14.3. The van der Waals surface area contributed by atoms with E-state index in [-0.39, 0.29) is 31.9 Å². The normalized spacial score (nSPS) is 19.4. The Kier molecular flexibility index (Phi) is 14.8. The minimum absolute atomic E-state index is 0.0666. The van der Waals surface area contributed by atoms with Crippen molar-refractivity contribution in [3.05, 3.63) is 0 Å². The van der Waals surface area contributed by atoms with Gasteiger partial charge in [0.25, 0.3) is 5.91 Å². The number of likely N-dealkylation sites (N-methyl/N-ethyl adjacent to an activating group) is 1. The van der Waals surface area contributed by atoms with E-state index >= 15 is 0 Å². The van der Waals surface area contributed by atoms with Gasteiger partial charge in [0, 0.05) is 26.1 Å². The highest BCUT2D eigenvalue weighted by molar-refractivity contribution is 6.38. The summed E-state index contributed by atoms with van der Waals surface area (Å²) in [6.07, 6.45) is 10.2. The van der Waals surface area contributed by atoms with Crippen molar-refractivity contribution in [2.24, 2.45) is 10.8 Å². The molecule has 6 amide bonds. The molecular weight excluding hydrogens is 592 g/mol. The number of Topliss-reactive ketones (excluding diaryl/α,β-unsaturated/α-hetero) is 1. The molecule has 1 aliphatic carbocycles. The van der Waals surface area contributed by atoms with Gasteiger partial charge in [-0.2, -0.15) is 0 Å². The molecule has 5 N–H and O–H groups in total. The van der Waals surface area contributed by atoms with E-state index in [0.717, 1.165) is 19.3 Å². The van der Waals surface area contributed by atoms with Crippen LogP contribution in [0.4, 0.5) is 9.59 Å². The number of terminal acetylenes is 1. The van der Waals surface area contributed by atoms with Crippen LogP contribution in [0.2, 0.25) is 0 Å². The van der Waals surface area contributed by atoms with Gasteiger partial charge in [0.15, 0.2) is 0 Å². The van der Waals surface area contributed by atoms with Crippen molar-refractivity contribution in [2.75, 3.05) is 26.2 Å². The molecule has 258 valence electrons. The molecule has 2 fully saturated rings. The highest BCUT2D eigenvalue weighted by Crippen LogP contribution is 2.40. The molecule has 13 heteroatoms. The summed E-state index contributed by atoms with van der Waals surface area (Å²) in [4.78, 5) is 79.9. The molecule has 0 radical (unpaired) electrons. The topological polar surface area (TPSA) is 175 Å². The monoisotopic (exact) mass is 646 g/mol. The molecule has 4 atom stereocenters. The fraction of sp³-hybridized carbons (Fsp3) is 0.758. The zero-order valence-electron chi connectivity index (χ0n) is 28.4. The Morgan fingerprint density at radius 2 is 1.61 bits per heavy atom. The van der Waals surface area contributed by atoms with E-state index in [0.29, 0.717) is 38.8 Å². The second kappa shape index (κ2) is 17.8. The van der Waals surface area contributed by atoms with Gasteiger partial charge < -0.3 is 36.2 Å². The Labute approximate surface area is 273 Å². The van der Waals surface area contributed by atoms with E-state index in [1.807, 2.05) is 27.7 Å². The first-order chi connectivity index (χ1) is 21.7. The van der Waals surface area contributed by atoms with Gasteiger partial charge in [0.2, 0.25) is 17.6 Å². The Morgan fingerprint density at radius 1 is 0.957 bits per heavy atom. The summed E-state index contributed by atoms with van der Waals surface area (Å²) in [7, 11) is 0. The summed E-state index contributed by atoms with van der Waals surface area (Å²) in [5.41, 5.74) is -1.04. The predicted molar refractivity (Wildman–Crippen MR) is 173 cm³/mol. The van der Waals surface area contributed by atoms with Gasteiger partial charge >= 0.3 is 12.1 Å². The molecule has 1 saturated carbocycles. The molecule has 46 heavy (non-hydrogen) atoms. The minimum Gasteiger partial charge on any atom is -0.447 e. The van der Waals surface area contributed by atoms with Crippen LogP contribution < -0.4 is 26.6 Å². The van der Waals surface area contributed by atoms with Crippen molar-refractivity contribution in [1.82, 2.24) is 31.5 Å². The van der Waals surface area contributed by atoms with Crippen LogP contribution in [0.1, 0.15) is 99.3 Å². The smallest absolute Gasteiger partial charge is 0.407 e. The third-order valence-electron chi connectivity index (χ3n) is 8.88. The maximum absolute atomic E-state index is 14.3. The first kappa shape index (κ1) is 38.4. The van der Waals surface area contributed by atoms with Crippen LogP contribution in [0.25, 0.3) is 0 Å². The number of ether oxygens (including phenoxy) is 1. The summed E-state index contributed by atoms with van der Waals surface area (Å²) >= 11 is 0. The van der Waals surface area contributed by atoms with Gasteiger partial charge in [-0.15, -0.1) is 12.3 Å². The van der Waals surface area contributed by atoms with Gasteiger partial charge in [0.05, 0.1) is 12.1 Å². The Bertz CT molecular complexity index is 1140. The number of rotatable bonds is 14. The Morgan fingerprint density at radius 3 is 2.20 bits per heavy atom. The molecule has 0 bridgehead atoms. The van der Waals surface area contributed by atoms with E-state index in [9.17, 15) is 28.8 Å². The average Bonchev–Trinajstić information content (AvgIpc) is 3.50. The number of carbonyl (C=O) groups is 6. The number of urea groups is 1. The molecule has 0 aromatic rings. The third kappa shape index (κ3) is 10.9. The number of alkyl carbamates (subject to hydrolysis) is 1. The molecule has 2 rings (SSSR count). The van der Waals surface area contributed by atoms with Crippen LogP contribution in [0.15, 0.2) is 0 Å². The number of carbonyl (C=O) groups excluding carboxylic acids is 6. The van der Waals surface area contributed by atoms with Crippen LogP contribution >= 0.6 is 0 Å². The van der Waals surface area contributed by atoms with Gasteiger partial charge in [-0.1, -0.05) is 47.0 Å². The summed E-state index contributed by atoms with van der Waals surface area (Å²) in [5.74, 6) is -0.0900. The number of amides is 6. The van der Waals surface area contributed by atoms with Crippen LogP contribution in [-0.4, -0.2) is 90.9 Å². The number of nitrogens with one attached hydrogen (secondary N) is 5. The van der Waals surface area contributed by atoms with E-state index in [4.69, 9.17) is 11.2 Å². The summed E-state index contributed by atoms with van der Waals surface area (Å²) in [5, 5.41) is 13.5. The SMILES string of the molecule is C#CCCC(NC(=O)C1CCCN1C(=O)C(NC(=O)N[C@H](COC(=O)NCC)C(C)(C)C)C1(C)CCCCC1)C(=O)C(=O)NCC. The number of ketones is 1. The molecular formula is C33H54N6O7. The fourth-order valence-electron chi connectivity index (χ4n) is 6.01. The second-order valence-electron chi connectivity index (χ2n) is 13.5. The number of nitrogens with zero attached hydrogens (tertiary/aromatic N) is 1. The summed E-state index contributed by atoms with van der Waals surface area (Å²) in [6.45, 7) is 12.1. The zero-order valence-corrected chi connectivity index (χ0v) is 28.4. The lowest BCUT2D eigenvalue weighted by Crippen LogP contribution is -2.62. The number of hydrogen-bond donors (Lipinski definition) is 5. The van der Waals surface area contributed by atoms with E-state index in [2.05, 4.69) is 32.5 Å². The lowest BCUT2D eigenvalue weighted by Gasteiger charge is -2.42. The van der Waals surface area contributed by atoms with E-state index < -0.39 is 64.7 Å². The minimum atomic E-state index is -1.13. The molecule has 0 aromatic carbocycles. The standard InChI is InChI=1S/C33H54N6O7/c1-8-11-16-22(25(40)28(42)34-9-2)36-27(41)23-17-15-20-39(23)29(43)26(33(7)18-13-12-14-19-33)38-30(44)37-24(32(4,5)6)21-46-31(45)35-10-3/h1,22-24,26H,9-21H2,2-7H3,(H,34,42)(H,35,45)(H,36,41)(H2,37,38,44)/t22?,23?,24-,26?/m1/s1. The molecule has 0 spiro atoms. The highest BCUT2D eigenvalue weighted by atomic mass is 16.5. The first-order valence-electron chi connectivity index (χ1n) is 16.5. The lowest BCUT2D eigenvalue weighted by atomic mass is 9.70. The van der Waals surface area contributed by atoms with Crippen LogP contribution in [0.3, 0.4) is 0 Å². The summed E-state index contributed by atoms with van der Waals surface area (Å²) < 4.78 is 5.31. The van der Waals surface area contributed by atoms with Gasteiger partial charge in [-0.3, -0.25) is 19.2 Å². The van der Waals surface area contributed by atoms with E-state index in [1.165, 1.54) is 4.90 Å². The van der Waals surface area contributed by atoms with Crippen LogP contribution in [0, 0.1) is 23.2 Å². The molecule has 1 heterocycles. The molecule has 1 aliphatic heterocycles. The van der Waals surface area contributed by atoms with Crippen molar-refractivity contribution in [1.29, 1.82) is 0 Å². The largest absolute Gasteiger partial charge is 0.447 e. The molecule has 0 aromatic heterocycles. The average molecular weight is 647 g/mol. The van der Waals surface area contributed by atoms with Crippen molar-refractivity contribution < 1.29 is 33.5 Å². The fourth-order valence-corrected chi connectivity index (χ4v) is 6.01. The maximum Gasteiger partial charge on any atom is 0.407 e. The third-order valence-corrected chi connectivity index (χ3v) is 8.88. The first-order valence-corrected chi connectivity index (χ1v) is 16.5.